The largest absolute Gasteiger partial charge is 0.573 e. The average molecular weight is 295 g/mol. The number of nitrogens with one attached hydrogen (secondary N) is 1. The minimum Gasteiger partial charge on any atom is -0.405 e. The van der Waals surface area contributed by atoms with Gasteiger partial charge in [0.1, 0.15) is 5.75 Å². The molecule has 2 nitrogen and oxygen atoms in total. The second-order valence-corrected chi connectivity index (χ2v) is 4.72. The summed E-state index contributed by atoms with van der Waals surface area (Å²) in [6.07, 6.45) is -4.70. The number of benzene rings is 2. The van der Waals surface area contributed by atoms with Crippen molar-refractivity contribution in [2.75, 3.05) is 7.05 Å². The van der Waals surface area contributed by atoms with E-state index in [2.05, 4.69) is 10.1 Å². The van der Waals surface area contributed by atoms with E-state index in [1.807, 2.05) is 32.2 Å². The Balaban J connectivity index is 2.49. The molecule has 0 aliphatic heterocycles. The molecule has 2 aromatic rings. The molecule has 2 aromatic carbocycles. The van der Waals surface area contributed by atoms with E-state index in [1.165, 1.54) is 12.1 Å². The van der Waals surface area contributed by atoms with Crippen LogP contribution in [0.4, 0.5) is 13.2 Å². The number of rotatable bonds is 4. The number of aryl methyl sites for hydroxylation is 1. The Hall–Kier alpha value is -2.01. The second kappa shape index (κ2) is 6.18. The van der Waals surface area contributed by atoms with E-state index >= 15 is 0 Å². The summed E-state index contributed by atoms with van der Waals surface area (Å²) < 4.78 is 41.6. The van der Waals surface area contributed by atoms with Crippen LogP contribution in [0.2, 0.25) is 0 Å². The molecule has 0 aliphatic rings. The third-order valence-electron chi connectivity index (χ3n) is 3.09. The Morgan fingerprint density at radius 2 is 1.76 bits per heavy atom. The van der Waals surface area contributed by atoms with Crippen LogP contribution in [0.3, 0.4) is 0 Å². The van der Waals surface area contributed by atoms with Gasteiger partial charge in [-0.2, -0.15) is 0 Å². The summed E-state index contributed by atoms with van der Waals surface area (Å²) in [5.74, 6) is -0.185. The van der Waals surface area contributed by atoms with Crippen LogP contribution in [0, 0.1) is 6.92 Å². The predicted octanol–water partition coefficient (Wildman–Crippen LogP) is 4.28. The topological polar surface area (TPSA) is 21.3 Å². The van der Waals surface area contributed by atoms with Gasteiger partial charge in [-0.05, 0) is 42.8 Å². The van der Waals surface area contributed by atoms with Crippen molar-refractivity contribution < 1.29 is 17.9 Å². The third-order valence-corrected chi connectivity index (χ3v) is 3.09. The van der Waals surface area contributed by atoms with Crippen LogP contribution in [0.1, 0.15) is 11.1 Å². The van der Waals surface area contributed by atoms with Gasteiger partial charge >= 0.3 is 6.36 Å². The number of ether oxygens (including phenoxy) is 1. The van der Waals surface area contributed by atoms with Gasteiger partial charge in [0.2, 0.25) is 0 Å². The van der Waals surface area contributed by atoms with E-state index in [0.29, 0.717) is 12.1 Å². The van der Waals surface area contributed by atoms with Crippen LogP contribution >= 0.6 is 0 Å². The fourth-order valence-corrected chi connectivity index (χ4v) is 2.18. The van der Waals surface area contributed by atoms with Crippen molar-refractivity contribution in [3.8, 4) is 16.9 Å². The molecule has 21 heavy (non-hydrogen) atoms. The van der Waals surface area contributed by atoms with E-state index < -0.39 is 6.36 Å². The van der Waals surface area contributed by atoms with Crippen LogP contribution in [-0.2, 0) is 6.54 Å². The van der Waals surface area contributed by atoms with Crippen molar-refractivity contribution in [2.45, 2.75) is 19.8 Å². The molecule has 0 unspecified atom stereocenters. The van der Waals surface area contributed by atoms with Crippen molar-refractivity contribution in [2.24, 2.45) is 0 Å². The van der Waals surface area contributed by atoms with Gasteiger partial charge in [-0.1, -0.05) is 30.3 Å². The van der Waals surface area contributed by atoms with E-state index in [0.717, 1.165) is 16.7 Å². The molecule has 0 saturated heterocycles. The van der Waals surface area contributed by atoms with Crippen molar-refractivity contribution in [1.82, 2.24) is 5.32 Å². The molecule has 2 rings (SSSR count). The van der Waals surface area contributed by atoms with E-state index in [-0.39, 0.29) is 5.75 Å². The number of hydrogen-bond acceptors (Lipinski definition) is 2. The van der Waals surface area contributed by atoms with Gasteiger partial charge in [-0.15, -0.1) is 13.2 Å². The quantitative estimate of drug-likeness (QED) is 0.909. The van der Waals surface area contributed by atoms with Gasteiger partial charge in [0.25, 0.3) is 0 Å². The molecule has 0 saturated carbocycles. The molecular weight excluding hydrogens is 279 g/mol. The Kier molecular flexibility index (Phi) is 4.53. The average Bonchev–Trinajstić information content (AvgIpc) is 2.40. The molecule has 1 N–H and O–H groups in total. The normalized spacial score (nSPS) is 11.5. The predicted molar refractivity (Wildman–Crippen MR) is 76.1 cm³/mol. The van der Waals surface area contributed by atoms with Crippen molar-refractivity contribution in [3.05, 3.63) is 53.6 Å². The van der Waals surface area contributed by atoms with Gasteiger partial charge in [0, 0.05) is 12.1 Å². The maximum Gasteiger partial charge on any atom is 0.573 e. The maximum absolute atomic E-state index is 12.5. The Bertz CT molecular complexity index is 623. The maximum atomic E-state index is 12.5. The first-order chi connectivity index (χ1) is 9.90. The van der Waals surface area contributed by atoms with Gasteiger partial charge < -0.3 is 10.1 Å². The van der Waals surface area contributed by atoms with E-state index in [9.17, 15) is 13.2 Å². The molecule has 0 amide bonds. The summed E-state index contributed by atoms with van der Waals surface area (Å²) in [6, 6.07) is 11.9. The highest BCUT2D eigenvalue weighted by Crippen LogP contribution is 2.35. The zero-order valence-electron chi connectivity index (χ0n) is 11.8. The summed E-state index contributed by atoms with van der Waals surface area (Å²) in [6.45, 7) is 2.51. The fourth-order valence-electron chi connectivity index (χ4n) is 2.18. The first kappa shape index (κ1) is 15.4. The number of halogens is 3. The van der Waals surface area contributed by atoms with Gasteiger partial charge in [-0.3, -0.25) is 0 Å². The lowest BCUT2D eigenvalue weighted by atomic mass is 9.97. The lowest BCUT2D eigenvalue weighted by Gasteiger charge is -2.15. The van der Waals surface area contributed by atoms with Gasteiger partial charge in [0.15, 0.2) is 0 Å². The van der Waals surface area contributed by atoms with Crippen LogP contribution in [0.5, 0.6) is 5.75 Å². The molecule has 0 bridgehead atoms. The summed E-state index contributed by atoms with van der Waals surface area (Å²) in [4.78, 5) is 0. The standard InChI is InChI=1S/C16H16F3NO/c1-11-7-8-12(10-20-2)9-14(11)13-5-3-4-6-15(13)21-16(17,18)19/h3-9,20H,10H2,1-2H3. The summed E-state index contributed by atoms with van der Waals surface area (Å²) in [7, 11) is 1.82. The molecule has 0 radical (unpaired) electrons. The van der Waals surface area contributed by atoms with Crippen LogP contribution in [-0.4, -0.2) is 13.4 Å². The molecule has 0 aromatic heterocycles. The Morgan fingerprint density at radius 1 is 1.05 bits per heavy atom. The summed E-state index contributed by atoms with van der Waals surface area (Å²) >= 11 is 0. The SMILES string of the molecule is CNCc1ccc(C)c(-c2ccccc2OC(F)(F)F)c1. The molecule has 112 valence electrons. The lowest BCUT2D eigenvalue weighted by molar-refractivity contribution is -0.274. The molecular formula is C16H16F3NO. The number of para-hydroxylation sites is 1. The minimum atomic E-state index is -4.70. The Labute approximate surface area is 121 Å². The Morgan fingerprint density at radius 3 is 2.43 bits per heavy atom. The molecule has 0 atom stereocenters. The zero-order valence-corrected chi connectivity index (χ0v) is 11.8. The smallest absolute Gasteiger partial charge is 0.405 e. The van der Waals surface area contributed by atoms with Crippen LogP contribution in [0.25, 0.3) is 11.1 Å². The van der Waals surface area contributed by atoms with Crippen molar-refractivity contribution in [1.29, 1.82) is 0 Å². The van der Waals surface area contributed by atoms with Crippen molar-refractivity contribution in [3.63, 3.8) is 0 Å². The third kappa shape index (κ3) is 3.98. The molecule has 0 fully saturated rings. The lowest BCUT2D eigenvalue weighted by Crippen LogP contribution is -2.17. The highest BCUT2D eigenvalue weighted by molar-refractivity contribution is 5.73. The fraction of sp³-hybridized carbons (Fsp3) is 0.250. The number of hydrogen-bond donors (Lipinski definition) is 1. The molecule has 5 heteroatoms. The van der Waals surface area contributed by atoms with Crippen LogP contribution < -0.4 is 10.1 Å². The van der Waals surface area contributed by atoms with Gasteiger partial charge in [-0.25, -0.2) is 0 Å². The summed E-state index contributed by atoms with van der Waals surface area (Å²) in [5, 5.41) is 3.02. The zero-order chi connectivity index (χ0) is 15.5. The summed E-state index contributed by atoms with van der Waals surface area (Å²) in [5.41, 5.74) is 3.07. The van der Waals surface area contributed by atoms with Gasteiger partial charge in [0.05, 0.1) is 0 Å². The minimum absolute atomic E-state index is 0.185. The van der Waals surface area contributed by atoms with Crippen molar-refractivity contribution >= 4 is 0 Å². The molecule has 0 spiro atoms. The van der Waals surface area contributed by atoms with E-state index in [4.69, 9.17) is 0 Å². The highest BCUT2D eigenvalue weighted by Gasteiger charge is 2.32. The first-order valence-electron chi connectivity index (χ1n) is 6.50. The van der Waals surface area contributed by atoms with E-state index in [1.54, 1.807) is 12.1 Å². The monoisotopic (exact) mass is 295 g/mol. The van der Waals surface area contributed by atoms with Crippen LogP contribution in [0.15, 0.2) is 42.5 Å². The molecule has 0 heterocycles. The first-order valence-corrected chi connectivity index (χ1v) is 6.50. The molecule has 0 aliphatic carbocycles. The number of alkyl halides is 3. The highest BCUT2D eigenvalue weighted by atomic mass is 19.4. The second-order valence-electron chi connectivity index (χ2n) is 4.72.